The van der Waals surface area contributed by atoms with Crippen molar-refractivity contribution in [2.24, 2.45) is 0 Å². The first-order valence-electron chi connectivity index (χ1n) is 11.9. The van der Waals surface area contributed by atoms with Crippen molar-refractivity contribution in [3.8, 4) is 0 Å². The molecule has 1 heterocycles. The summed E-state index contributed by atoms with van der Waals surface area (Å²) in [5.41, 5.74) is 4.07. The highest BCUT2D eigenvalue weighted by Crippen LogP contribution is 2.30. The van der Waals surface area contributed by atoms with Crippen molar-refractivity contribution in [1.82, 2.24) is 4.90 Å². The maximum atomic E-state index is 5.87. The van der Waals surface area contributed by atoms with Crippen LogP contribution in [-0.4, -0.2) is 41.9 Å². The first-order valence-corrected chi connectivity index (χ1v) is 14.3. The van der Waals surface area contributed by atoms with Crippen LogP contribution >= 0.6 is 47.8 Å². The number of rotatable bonds is 9. The van der Waals surface area contributed by atoms with Gasteiger partial charge in [0.05, 0.1) is 13.2 Å². The van der Waals surface area contributed by atoms with Crippen LogP contribution in [0, 0.1) is 0 Å². The van der Waals surface area contributed by atoms with Gasteiger partial charge in [0, 0.05) is 38.5 Å². The maximum Gasteiger partial charge on any atom is 0.146 e. The smallest absolute Gasteiger partial charge is 0.146 e. The highest BCUT2D eigenvalue weighted by atomic mass is 79.9. The van der Waals surface area contributed by atoms with Crippen LogP contribution in [0.5, 0.6) is 0 Å². The van der Waals surface area contributed by atoms with E-state index in [-0.39, 0.29) is 0 Å². The van der Waals surface area contributed by atoms with Crippen LogP contribution in [-0.2, 0) is 24.4 Å². The third-order valence-corrected chi connectivity index (χ3v) is 8.38. The first-order chi connectivity index (χ1) is 16.5. The van der Waals surface area contributed by atoms with Gasteiger partial charge in [-0.2, -0.15) is 0 Å². The van der Waals surface area contributed by atoms with Gasteiger partial charge in [-0.3, -0.25) is 0 Å². The number of hydrogen-bond acceptors (Lipinski definition) is 2. The standard InChI is InChI=1S/C28H32Br3N2O/c1-2-28(33(15-17-34-18-16-33)21-24-7-13-27(31)14-8-24)32(19-22-3-9-25(29)10-4-22)20-23-5-11-26(30)12-6-23/h3-14,28H,2,15-21H2,1H3/q+1. The predicted molar refractivity (Wildman–Crippen MR) is 150 cm³/mol. The molecule has 3 aromatic rings. The normalized spacial score (nSPS) is 16.5. The molecule has 0 aliphatic carbocycles. The van der Waals surface area contributed by atoms with Gasteiger partial charge in [0.25, 0.3) is 0 Å². The number of nitrogens with zero attached hydrogens (tertiary/aromatic N) is 2. The molecule has 0 bridgehead atoms. The van der Waals surface area contributed by atoms with E-state index in [4.69, 9.17) is 4.74 Å². The average molecular weight is 652 g/mol. The van der Waals surface area contributed by atoms with Crippen LogP contribution < -0.4 is 0 Å². The monoisotopic (exact) mass is 649 g/mol. The van der Waals surface area contributed by atoms with E-state index in [0.717, 1.165) is 70.3 Å². The Morgan fingerprint density at radius 2 is 1.12 bits per heavy atom. The second-order valence-electron chi connectivity index (χ2n) is 9.11. The number of hydrogen-bond donors (Lipinski definition) is 0. The summed E-state index contributed by atoms with van der Waals surface area (Å²) in [5.74, 6) is 0. The van der Waals surface area contributed by atoms with E-state index in [1.807, 2.05) is 0 Å². The second kappa shape index (κ2) is 12.3. The van der Waals surface area contributed by atoms with Crippen molar-refractivity contribution in [3.63, 3.8) is 0 Å². The summed E-state index contributed by atoms with van der Waals surface area (Å²) in [5, 5.41) is 0. The van der Waals surface area contributed by atoms with Crippen LogP contribution in [0.4, 0.5) is 0 Å². The summed E-state index contributed by atoms with van der Waals surface area (Å²) in [7, 11) is 0. The molecule has 1 atom stereocenters. The van der Waals surface area contributed by atoms with Gasteiger partial charge in [-0.15, -0.1) is 0 Å². The molecule has 4 rings (SSSR count). The fraction of sp³-hybridized carbons (Fsp3) is 0.357. The van der Waals surface area contributed by atoms with E-state index in [9.17, 15) is 0 Å². The zero-order chi connectivity index (χ0) is 24.0. The molecule has 6 heteroatoms. The molecule has 1 aliphatic rings. The molecule has 3 aromatic carbocycles. The fourth-order valence-electron chi connectivity index (χ4n) is 5.13. The van der Waals surface area contributed by atoms with Crippen LogP contribution in [0.2, 0.25) is 0 Å². The summed E-state index contributed by atoms with van der Waals surface area (Å²) < 4.78 is 10.3. The van der Waals surface area contributed by atoms with E-state index in [0.29, 0.717) is 6.17 Å². The molecule has 0 aromatic heterocycles. The van der Waals surface area contributed by atoms with Crippen molar-refractivity contribution in [2.45, 2.75) is 39.1 Å². The summed E-state index contributed by atoms with van der Waals surface area (Å²) in [6, 6.07) is 26.4. The van der Waals surface area contributed by atoms with E-state index in [2.05, 4.69) is 132 Å². The van der Waals surface area contributed by atoms with Gasteiger partial charge in [0.1, 0.15) is 25.8 Å². The largest absolute Gasteiger partial charge is 0.370 e. The molecule has 34 heavy (non-hydrogen) atoms. The Morgan fingerprint density at radius 3 is 1.53 bits per heavy atom. The molecule has 1 fully saturated rings. The number of halogens is 3. The quantitative estimate of drug-likeness (QED) is 0.219. The lowest BCUT2D eigenvalue weighted by Gasteiger charge is -2.50. The van der Waals surface area contributed by atoms with Crippen LogP contribution in [0.1, 0.15) is 30.0 Å². The highest BCUT2D eigenvalue weighted by Gasteiger charge is 2.41. The Balaban J connectivity index is 1.68. The minimum absolute atomic E-state index is 0.389. The van der Waals surface area contributed by atoms with Crippen LogP contribution in [0.15, 0.2) is 86.2 Å². The first kappa shape index (κ1) is 26.1. The van der Waals surface area contributed by atoms with Gasteiger partial charge < -0.3 is 9.22 Å². The average Bonchev–Trinajstić information content (AvgIpc) is 2.84. The van der Waals surface area contributed by atoms with Crippen LogP contribution in [0.25, 0.3) is 0 Å². The number of ether oxygens (including phenoxy) is 1. The molecular weight excluding hydrogens is 620 g/mol. The minimum Gasteiger partial charge on any atom is -0.370 e. The van der Waals surface area contributed by atoms with Crippen LogP contribution in [0.3, 0.4) is 0 Å². The van der Waals surface area contributed by atoms with Gasteiger partial charge in [0.2, 0.25) is 0 Å². The molecular formula is C28H32Br3N2O+. The van der Waals surface area contributed by atoms with Gasteiger partial charge >= 0.3 is 0 Å². The Hall–Kier alpha value is -1.02. The molecule has 180 valence electrons. The lowest BCUT2D eigenvalue weighted by atomic mass is 10.1. The summed E-state index contributed by atoms with van der Waals surface area (Å²) in [4.78, 5) is 2.69. The van der Waals surface area contributed by atoms with Crippen molar-refractivity contribution in [1.29, 1.82) is 0 Å². The Morgan fingerprint density at radius 1 is 0.706 bits per heavy atom. The van der Waals surface area contributed by atoms with Gasteiger partial charge in [0.15, 0.2) is 0 Å². The highest BCUT2D eigenvalue weighted by molar-refractivity contribution is 9.11. The number of benzene rings is 3. The molecule has 1 aliphatic heterocycles. The van der Waals surface area contributed by atoms with Crippen molar-refractivity contribution in [2.75, 3.05) is 26.3 Å². The summed E-state index contributed by atoms with van der Waals surface area (Å²) in [6.07, 6.45) is 1.48. The zero-order valence-corrected chi connectivity index (χ0v) is 24.4. The maximum absolute atomic E-state index is 5.87. The molecule has 0 N–H and O–H groups in total. The van der Waals surface area contributed by atoms with Crippen molar-refractivity contribution < 1.29 is 9.22 Å². The molecule has 0 amide bonds. The topological polar surface area (TPSA) is 12.5 Å². The predicted octanol–water partition coefficient (Wildman–Crippen LogP) is 7.76. The van der Waals surface area contributed by atoms with E-state index >= 15 is 0 Å². The SMILES string of the molecule is CCC(N(Cc1ccc(Br)cc1)Cc1ccc(Br)cc1)[N+]1(Cc2ccc(Br)cc2)CCOCC1. The molecule has 1 saturated heterocycles. The van der Waals surface area contributed by atoms with Crippen molar-refractivity contribution in [3.05, 3.63) is 103 Å². The summed E-state index contributed by atoms with van der Waals surface area (Å²) >= 11 is 10.8. The van der Waals surface area contributed by atoms with Gasteiger partial charge in [-0.25, -0.2) is 4.90 Å². The molecule has 1 unspecified atom stereocenters. The van der Waals surface area contributed by atoms with E-state index in [1.54, 1.807) is 0 Å². The second-order valence-corrected chi connectivity index (χ2v) is 11.9. The molecule has 3 nitrogen and oxygen atoms in total. The molecule has 0 radical (unpaired) electrons. The lowest BCUT2D eigenvalue weighted by molar-refractivity contribution is -0.981. The van der Waals surface area contributed by atoms with Crippen molar-refractivity contribution >= 4 is 47.8 Å². The third kappa shape index (κ3) is 6.80. The Kier molecular flexibility index (Phi) is 9.42. The molecule has 0 spiro atoms. The Labute approximate surface area is 229 Å². The van der Waals surface area contributed by atoms with Gasteiger partial charge in [-0.1, -0.05) is 91.1 Å². The minimum atomic E-state index is 0.389. The third-order valence-electron chi connectivity index (χ3n) is 6.79. The van der Waals surface area contributed by atoms with E-state index < -0.39 is 0 Å². The Bertz CT molecular complexity index is 985. The van der Waals surface area contributed by atoms with E-state index in [1.165, 1.54) is 16.7 Å². The van der Waals surface area contributed by atoms with Gasteiger partial charge in [-0.05, 0) is 47.5 Å². The summed E-state index contributed by atoms with van der Waals surface area (Å²) in [6.45, 7) is 8.91. The fourth-order valence-corrected chi connectivity index (χ4v) is 5.92. The molecule has 0 saturated carbocycles. The zero-order valence-electron chi connectivity index (χ0n) is 19.6. The number of morpholine rings is 1. The lowest BCUT2D eigenvalue weighted by Crippen LogP contribution is -2.65. The number of quaternary nitrogens is 1.